The summed E-state index contributed by atoms with van der Waals surface area (Å²) in [6.45, 7) is 21.6. The van der Waals surface area contributed by atoms with Crippen molar-refractivity contribution in [2.24, 2.45) is 0 Å². The molecule has 0 saturated carbocycles. The normalized spacial score (nSPS) is 12.4. The molecule has 0 unspecified atom stereocenters. The minimum absolute atomic E-state index is 0.0684. The van der Waals surface area contributed by atoms with Crippen molar-refractivity contribution in [3.63, 3.8) is 0 Å². The molecule has 2 rings (SSSR count). The summed E-state index contributed by atoms with van der Waals surface area (Å²) in [4.78, 5) is 26.5. The molecule has 0 aliphatic heterocycles. The maximum Gasteiger partial charge on any atom is 0.215 e. The molecule has 4 nitrogen and oxygen atoms in total. The fourth-order valence-electron chi connectivity index (χ4n) is 3.49. The third-order valence-corrected chi connectivity index (χ3v) is 11.8. The number of aryl methyl sites for hydroxylation is 3. The number of carbonyl (C=O) groups is 1. The van der Waals surface area contributed by atoms with Crippen LogP contribution in [0.25, 0.3) is 0 Å². The lowest BCUT2D eigenvalue weighted by atomic mass is 10.00. The first-order chi connectivity index (χ1) is 11.8. The number of pyridine rings is 1. The topological polar surface area (TPSA) is 55.7 Å². The smallest absolute Gasteiger partial charge is 0.215 e. The summed E-state index contributed by atoms with van der Waals surface area (Å²) < 4.78 is 0. The second-order valence-corrected chi connectivity index (χ2v) is 14.0. The SMILES string of the molecule is Cc1nc(C(=O)c2c(C)ncnc2C)c(C)c([Si](C)(C)C(C)(C)C)c1C. The summed E-state index contributed by atoms with van der Waals surface area (Å²) in [5, 5.41) is 1.53. The Labute approximate surface area is 158 Å². The highest BCUT2D eigenvalue weighted by molar-refractivity contribution is 6.92. The third kappa shape index (κ3) is 3.25. The van der Waals surface area contributed by atoms with Gasteiger partial charge in [0.05, 0.1) is 25.0 Å². The van der Waals surface area contributed by atoms with Gasteiger partial charge in [-0.2, -0.15) is 0 Å². The Morgan fingerprint density at radius 2 is 1.38 bits per heavy atom. The summed E-state index contributed by atoms with van der Waals surface area (Å²) >= 11 is 0. The molecule has 0 aliphatic rings. The van der Waals surface area contributed by atoms with Gasteiger partial charge in [-0.15, -0.1) is 0 Å². The zero-order chi connectivity index (χ0) is 20.0. The van der Waals surface area contributed by atoms with Gasteiger partial charge in [0.2, 0.25) is 5.78 Å². The van der Waals surface area contributed by atoms with Crippen molar-refractivity contribution < 1.29 is 4.79 Å². The number of nitrogens with zero attached hydrogens (tertiary/aromatic N) is 3. The predicted molar refractivity (Wildman–Crippen MR) is 110 cm³/mol. The largest absolute Gasteiger partial charge is 0.287 e. The average Bonchev–Trinajstić information content (AvgIpc) is 2.49. The number of carbonyl (C=O) groups excluding carboxylic acids is 1. The van der Waals surface area contributed by atoms with Crippen molar-refractivity contribution in [2.45, 2.75) is 73.5 Å². The molecule has 5 heteroatoms. The third-order valence-electron chi connectivity index (χ3n) is 6.10. The highest BCUT2D eigenvalue weighted by Crippen LogP contribution is 2.37. The van der Waals surface area contributed by atoms with Crippen molar-refractivity contribution in [1.82, 2.24) is 15.0 Å². The van der Waals surface area contributed by atoms with Crippen molar-refractivity contribution in [2.75, 3.05) is 0 Å². The molecule has 0 radical (unpaired) electrons. The Kier molecular flexibility index (Phi) is 5.26. The van der Waals surface area contributed by atoms with Crippen molar-refractivity contribution in [3.05, 3.63) is 45.8 Å². The number of aromatic nitrogens is 3. The van der Waals surface area contributed by atoms with E-state index < -0.39 is 8.07 Å². The second-order valence-electron chi connectivity index (χ2n) is 8.79. The van der Waals surface area contributed by atoms with Gasteiger partial charge < -0.3 is 0 Å². The molecule has 2 aromatic heterocycles. The summed E-state index contributed by atoms with van der Waals surface area (Å²) in [6, 6.07) is 0. The summed E-state index contributed by atoms with van der Waals surface area (Å²) in [7, 11) is -1.83. The molecule has 0 bridgehead atoms. The van der Waals surface area contributed by atoms with E-state index >= 15 is 0 Å². The Bertz CT molecular complexity index is 860. The average molecular weight is 370 g/mol. The first kappa shape index (κ1) is 20.4. The summed E-state index contributed by atoms with van der Waals surface area (Å²) in [5.74, 6) is -0.0684. The molecule has 0 saturated heterocycles. The predicted octanol–water partition coefficient (Wildman–Crippen LogP) is 4.36. The van der Waals surface area contributed by atoms with Crippen LogP contribution in [-0.2, 0) is 0 Å². The van der Waals surface area contributed by atoms with Crippen LogP contribution >= 0.6 is 0 Å². The van der Waals surface area contributed by atoms with Crippen LogP contribution in [0.15, 0.2) is 6.33 Å². The molecular formula is C21H31N3OSi. The molecule has 0 fully saturated rings. The molecule has 26 heavy (non-hydrogen) atoms. The molecule has 0 atom stereocenters. The van der Waals surface area contributed by atoms with Gasteiger partial charge in [-0.3, -0.25) is 4.79 Å². The minimum atomic E-state index is -1.83. The standard InChI is InChI=1S/C21H31N3OSi/c1-12-14(3)24-18(13(2)20(12)26(9,10)21(6,7)8)19(25)17-15(4)22-11-23-16(17)5/h11H,1-10H3. The molecule has 140 valence electrons. The first-order valence-corrected chi connectivity index (χ1v) is 12.1. The first-order valence-electron chi connectivity index (χ1n) is 9.11. The van der Waals surface area contributed by atoms with E-state index in [0.717, 1.165) is 11.3 Å². The Morgan fingerprint density at radius 3 is 1.85 bits per heavy atom. The molecule has 0 aromatic carbocycles. The van der Waals surface area contributed by atoms with Gasteiger partial charge in [-0.05, 0) is 56.0 Å². The van der Waals surface area contributed by atoms with Gasteiger partial charge in [0.1, 0.15) is 12.0 Å². The monoisotopic (exact) mass is 369 g/mol. The molecule has 2 heterocycles. The number of hydrogen-bond acceptors (Lipinski definition) is 4. The molecule has 2 aromatic rings. The van der Waals surface area contributed by atoms with Gasteiger partial charge in [-0.1, -0.05) is 33.9 Å². The number of ketones is 1. The quantitative estimate of drug-likeness (QED) is 0.596. The van der Waals surface area contributed by atoms with E-state index in [1.165, 1.54) is 17.1 Å². The van der Waals surface area contributed by atoms with Crippen molar-refractivity contribution in [1.29, 1.82) is 0 Å². The van der Waals surface area contributed by atoms with Gasteiger partial charge in [0.15, 0.2) is 0 Å². The lowest BCUT2D eigenvalue weighted by molar-refractivity contribution is 0.103. The molecule has 0 aliphatic carbocycles. The lowest BCUT2D eigenvalue weighted by Gasteiger charge is -2.40. The summed E-state index contributed by atoms with van der Waals surface area (Å²) in [5.41, 5.74) is 5.72. The molecule has 0 N–H and O–H groups in total. The van der Waals surface area contributed by atoms with Gasteiger partial charge in [0.25, 0.3) is 0 Å². The van der Waals surface area contributed by atoms with E-state index in [9.17, 15) is 4.79 Å². The molecule has 0 spiro atoms. The molecular weight excluding hydrogens is 338 g/mol. The highest BCUT2D eigenvalue weighted by atomic mass is 28.3. The van der Waals surface area contributed by atoms with Gasteiger partial charge >= 0.3 is 0 Å². The van der Waals surface area contributed by atoms with E-state index in [4.69, 9.17) is 4.98 Å². The van der Waals surface area contributed by atoms with Crippen LogP contribution in [0, 0.1) is 34.6 Å². The number of hydrogen-bond donors (Lipinski definition) is 0. The van der Waals surface area contributed by atoms with Crippen LogP contribution in [0.2, 0.25) is 18.1 Å². The van der Waals surface area contributed by atoms with Gasteiger partial charge in [-0.25, -0.2) is 15.0 Å². The van der Waals surface area contributed by atoms with Crippen LogP contribution in [0.1, 0.15) is 65.0 Å². The fourth-order valence-corrected chi connectivity index (χ4v) is 6.41. The van der Waals surface area contributed by atoms with E-state index in [1.54, 1.807) is 0 Å². The van der Waals surface area contributed by atoms with E-state index in [0.29, 0.717) is 22.6 Å². The lowest BCUT2D eigenvalue weighted by Crippen LogP contribution is -2.52. The van der Waals surface area contributed by atoms with Crippen LogP contribution in [0.5, 0.6) is 0 Å². The Hall–Kier alpha value is -1.88. The second kappa shape index (κ2) is 6.69. The van der Waals surface area contributed by atoms with Crippen LogP contribution < -0.4 is 5.19 Å². The Morgan fingerprint density at radius 1 is 0.885 bits per heavy atom. The van der Waals surface area contributed by atoms with Crippen molar-refractivity contribution >= 4 is 19.0 Å². The van der Waals surface area contributed by atoms with Crippen LogP contribution in [0.3, 0.4) is 0 Å². The number of rotatable bonds is 3. The Balaban J connectivity index is 2.80. The zero-order valence-corrected chi connectivity index (χ0v) is 18.8. The zero-order valence-electron chi connectivity index (χ0n) is 17.8. The molecule has 0 amide bonds. The minimum Gasteiger partial charge on any atom is -0.287 e. The van der Waals surface area contributed by atoms with E-state index in [1.807, 2.05) is 20.8 Å². The van der Waals surface area contributed by atoms with Crippen LogP contribution in [-0.4, -0.2) is 28.8 Å². The van der Waals surface area contributed by atoms with Crippen LogP contribution in [0.4, 0.5) is 0 Å². The van der Waals surface area contributed by atoms with Crippen molar-refractivity contribution in [3.8, 4) is 0 Å². The van der Waals surface area contributed by atoms with Gasteiger partial charge in [0, 0.05) is 5.69 Å². The highest BCUT2D eigenvalue weighted by Gasteiger charge is 2.40. The fraction of sp³-hybridized carbons (Fsp3) is 0.524. The maximum absolute atomic E-state index is 13.4. The van der Waals surface area contributed by atoms with E-state index in [2.05, 4.69) is 57.7 Å². The van der Waals surface area contributed by atoms with E-state index in [-0.39, 0.29) is 10.8 Å². The summed E-state index contributed by atoms with van der Waals surface area (Å²) in [6.07, 6.45) is 1.50. The maximum atomic E-state index is 13.4.